The van der Waals surface area contributed by atoms with Gasteiger partial charge in [-0.1, -0.05) is 124 Å². The molecule has 0 fully saturated rings. The Balaban J connectivity index is 0. The van der Waals surface area contributed by atoms with E-state index in [0.29, 0.717) is 0 Å². The molecule has 0 unspecified atom stereocenters. The molecular formula is C23H50ClN. The summed E-state index contributed by atoms with van der Waals surface area (Å²) in [7, 11) is 0. The Morgan fingerprint density at radius 3 is 1.04 bits per heavy atom. The van der Waals surface area contributed by atoms with Gasteiger partial charge in [0.1, 0.15) is 0 Å². The van der Waals surface area contributed by atoms with Crippen LogP contribution in [0.4, 0.5) is 0 Å². The second-order valence-electron chi connectivity index (χ2n) is 7.91. The lowest BCUT2D eigenvalue weighted by Crippen LogP contribution is -2.18. The lowest BCUT2D eigenvalue weighted by molar-refractivity contribution is 0.457. The summed E-state index contributed by atoms with van der Waals surface area (Å²) in [5, 5.41) is 0. The van der Waals surface area contributed by atoms with E-state index in [4.69, 9.17) is 11.6 Å². The predicted octanol–water partition coefficient (Wildman–Crippen LogP) is 9.60. The lowest BCUT2D eigenvalue weighted by atomic mass is 9.94. The van der Waals surface area contributed by atoms with Gasteiger partial charge in [0.05, 0.1) is 0 Å². The molecule has 0 heterocycles. The normalized spacial score (nSPS) is 11.5. The van der Waals surface area contributed by atoms with Crippen LogP contribution in [0.2, 0.25) is 0 Å². The summed E-state index contributed by atoms with van der Waals surface area (Å²) in [4.78, 5) is 0.0933. The van der Waals surface area contributed by atoms with Gasteiger partial charge in [-0.05, 0) is 19.3 Å². The molecule has 0 radical (unpaired) electrons. The highest BCUT2D eigenvalue weighted by Gasteiger charge is 2.21. The largest absolute Gasteiger partial charge is 0.344 e. The minimum atomic E-state index is 0. The van der Waals surface area contributed by atoms with Crippen molar-refractivity contribution < 1.29 is 0 Å². The topological polar surface area (TPSA) is 35.0 Å². The van der Waals surface area contributed by atoms with Crippen LogP contribution in [-0.4, -0.2) is 4.87 Å². The van der Waals surface area contributed by atoms with Gasteiger partial charge in [0, 0.05) is 4.87 Å². The zero-order valence-corrected chi connectivity index (χ0v) is 18.8. The van der Waals surface area contributed by atoms with Crippen molar-refractivity contribution in [2.75, 3.05) is 0 Å². The van der Waals surface area contributed by atoms with Gasteiger partial charge in [0.25, 0.3) is 0 Å². The molecule has 0 aliphatic heterocycles. The van der Waals surface area contributed by atoms with E-state index < -0.39 is 0 Å². The van der Waals surface area contributed by atoms with Crippen LogP contribution in [0, 0.1) is 0 Å². The molecule has 0 bridgehead atoms. The highest BCUT2D eigenvalue weighted by molar-refractivity contribution is 6.23. The second kappa shape index (κ2) is 20.6. The molecular weight excluding hydrogens is 326 g/mol. The average molecular weight is 376 g/mol. The van der Waals surface area contributed by atoms with Crippen molar-refractivity contribution in [2.24, 2.45) is 0 Å². The van der Waals surface area contributed by atoms with Crippen LogP contribution in [0.15, 0.2) is 0 Å². The quantitative estimate of drug-likeness (QED) is 0.177. The van der Waals surface area contributed by atoms with E-state index in [0.717, 1.165) is 12.8 Å². The van der Waals surface area contributed by atoms with Crippen molar-refractivity contribution in [1.29, 1.82) is 0 Å². The van der Waals surface area contributed by atoms with Crippen molar-refractivity contribution in [3.8, 4) is 0 Å². The smallest absolute Gasteiger partial charge is 0.0441 e. The molecule has 2 heteroatoms. The Morgan fingerprint density at radius 2 is 0.760 bits per heavy atom. The molecule has 0 aromatic heterocycles. The second-order valence-corrected chi connectivity index (χ2v) is 8.71. The average Bonchev–Trinajstić information content (AvgIpc) is 2.61. The van der Waals surface area contributed by atoms with Crippen molar-refractivity contribution >= 4 is 11.6 Å². The zero-order chi connectivity index (χ0) is 17.9. The first-order valence-corrected chi connectivity index (χ1v) is 11.7. The summed E-state index contributed by atoms with van der Waals surface area (Å²) in [6.07, 6.45) is 26.4. The fourth-order valence-electron chi connectivity index (χ4n) is 3.59. The van der Waals surface area contributed by atoms with Gasteiger partial charge < -0.3 is 6.15 Å². The number of unbranched alkanes of at least 4 members (excludes halogenated alkanes) is 15. The van der Waals surface area contributed by atoms with Gasteiger partial charge in [-0.2, -0.15) is 0 Å². The molecule has 0 saturated heterocycles. The molecule has 0 rings (SSSR count). The molecule has 154 valence electrons. The van der Waals surface area contributed by atoms with Gasteiger partial charge in [0.2, 0.25) is 0 Å². The SMILES string of the molecule is CCCCCCCCCCCCCCCCCCC(Cl)(CC)CC.N. The minimum Gasteiger partial charge on any atom is -0.344 e. The van der Waals surface area contributed by atoms with Crippen molar-refractivity contribution in [3.05, 3.63) is 0 Å². The van der Waals surface area contributed by atoms with Crippen molar-refractivity contribution in [3.63, 3.8) is 0 Å². The Kier molecular flexibility index (Phi) is 22.6. The Labute approximate surface area is 165 Å². The summed E-state index contributed by atoms with van der Waals surface area (Å²) < 4.78 is 0. The summed E-state index contributed by atoms with van der Waals surface area (Å²) >= 11 is 6.57. The van der Waals surface area contributed by atoms with Gasteiger partial charge in [-0.3, -0.25) is 0 Å². The zero-order valence-electron chi connectivity index (χ0n) is 18.0. The first-order chi connectivity index (χ1) is 11.7. The monoisotopic (exact) mass is 375 g/mol. The number of hydrogen-bond donors (Lipinski definition) is 1. The van der Waals surface area contributed by atoms with Crippen LogP contribution in [0.1, 0.15) is 143 Å². The molecule has 0 aromatic carbocycles. The fraction of sp³-hybridized carbons (Fsp3) is 1.00. The molecule has 0 amide bonds. The molecule has 0 aliphatic carbocycles. The van der Waals surface area contributed by atoms with E-state index in [9.17, 15) is 0 Å². The van der Waals surface area contributed by atoms with Crippen molar-refractivity contribution in [2.45, 2.75) is 148 Å². The summed E-state index contributed by atoms with van der Waals surface area (Å²) in [5.41, 5.74) is 0. The summed E-state index contributed by atoms with van der Waals surface area (Å²) in [6, 6.07) is 0. The molecule has 0 aliphatic rings. The van der Waals surface area contributed by atoms with E-state index in [1.807, 2.05) is 0 Å². The first kappa shape index (κ1) is 27.5. The molecule has 0 aromatic rings. The Hall–Kier alpha value is 0.250. The number of hydrogen-bond acceptors (Lipinski definition) is 1. The van der Waals surface area contributed by atoms with E-state index in [1.54, 1.807) is 0 Å². The van der Waals surface area contributed by atoms with Crippen LogP contribution >= 0.6 is 11.6 Å². The van der Waals surface area contributed by atoms with Gasteiger partial charge >= 0.3 is 0 Å². The molecule has 0 spiro atoms. The third-order valence-electron chi connectivity index (χ3n) is 5.75. The molecule has 0 saturated carbocycles. The number of alkyl halides is 1. The van der Waals surface area contributed by atoms with E-state index >= 15 is 0 Å². The lowest BCUT2D eigenvalue weighted by Gasteiger charge is -2.23. The summed E-state index contributed by atoms with van der Waals surface area (Å²) in [5.74, 6) is 0. The van der Waals surface area contributed by atoms with Crippen LogP contribution < -0.4 is 6.15 Å². The molecule has 1 nitrogen and oxygen atoms in total. The van der Waals surface area contributed by atoms with Gasteiger partial charge in [-0.15, -0.1) is 11.6 Å². The standard InChI is InChI=1S/C23H47Cl.H3N/c1-4-7-8-9-10-11-12-13-14-15-16-17-18-19-20-21-22-23(24,5-2)6-3;/h4-22H2,1-3H3;1H3. The van der Waals surface area contributed by atoms with E-state index in [2.05, 4.69) is 20.8 Å². The maximum Gasteiger partial charge on any atom is 0.0441 e. The Morgan fingerprint density at radius 1 is 0.480 bits per heavy atom. The van der Waals surface area contributed by atoms with Crippen LogP contribution in [0.25, 0.3) is 0 Å². The van der Waals surface area contributed by atoms with Gasteiger partial charge in [-0.25, -0.2) is 0 Å². The molecule has 3 N–H and O–H groups in total. The van der Waals surface area contributed by atoms with Crippen LogP contribution in [-0.2, 0) is 0 Å². The maximum absolute atomic E-state index is 6.57. The highest BCUT2D eigenvalue weighted by atomic mass is 35.5. The maximum atomic E-state index is 6.57. The predicted molar refractivity (Wildman–Crippen MR) is 118 cm³/mol. The van der Waals surface area contributed by atoms with Crippen LogP contribution in [0.5, 0.6) is 0 Å². The van der Waals surface area contributed by atoms with E-state index in [1.165, 1.54) is 109 Å². The third kappa shape index (κ3) is 18.8. The molecule has 0 atom stereocenters. The minimum absolute atomic E-state index is 0. The first-order valence-electron chi connectivity index (χ1n) is 11.4. The van der Waals surface area contributed by atoms with Crippen LogP contribution in [0.3, 0.4) is 0 Å². The van der Waals surface area contributed by atoms with E-state index in [-0.39, 0.29) is 11.0 Å². The molecule has 25 heavy (non-hydrogen) atoms. The number of halogens is 1. The third-order valence-corrected chi connectivity index (χ3v) is 6.47. The highest BCUT2D eigenvalue weighted by Crippen LogP contribution is 2.30. The fourth-order valence-corrected chi connectivity index (χ4v) is 3.73. The van der Waals surface area contributed by atoms with Gasteiger partial charge in [0.15, 0.2) is 0 Å². The summed E-state index contributed by atoms with van der Waals surface area (Å²) in [6.45, 7) is 6.75. The van der Waals surface area contributed by atoms with Crippen molar-refractivity contribution in [1.82, 2.24) is 6.15 Å². The number of rotatable bonds is 19. The Bertz CT molecular complexity index is 238.